The fourth-order valence-corrected chi connectivity index (χ4v) is 1.98. The van der Waals surface area contributed by atoms with Crippen LogP contribution < -0.4 is 0 Å². The van der Waals surface area contributed by atoms with Crippen LogP contribution in [0.5, 0.6) is 0 Å². The van der Waals surface area contributed by atoms with E-state index in [-0.39, 0.29) is 0 Å². The first-order chi connectivity index (χ1) is 9.42. The monoisotopic (exact) mass is 248 g/mol. The van der Waals surface area contributed by atoms with Gasteiger partial charge in [0.2, 0.25) is 0 Å². The second-order valence-electron chi connectivity index (χ2n) is 4.36. The number of nitrogens with zero attached hydrogens (tertiary/aromatic N) is 3. The van der Waals surface area contributed by atoms with E-state index in [1.165, 1.54) is 0 Å². The largest absolute Gasteiger partial charge is 0.306 e. The molecule has 0 saturated heterocycles. The average molecular weight is 248 g/mol. The molecule has 3 rings (SSSR count). The van der Waals surface area contributed by atoms with Gasteiger partial charge in [0.1, 0.15) is 0 Å². The van der Waals surface area contributed by atoms with E-state index in [1.54, 1.807) is 0 Å². The Morgan fingerprint density at radius 3 is 2.74 bits per heavy atom. The van der Waals surface area contributed by atoms with E-state index in [0.29, 0.717) is 0 Å². The van der Waals surface area contributed by atoms with E-state index in [0.717, 1.165) is 29.9 Å². The summed E-state index contributed by atoms with van der Waals surface area (Å²) in [6, 6.07) is 16.9. The fraction of sp³-hybridized carbons (Fsp3) is 0.125. The van der Waals surface area contributed by atoms with Crippen LogP contribution in [0, 0.1) is 6.07 Å². The minimum Gasteiger partial charge on any atom is -0.306 e. The lowest BCUT2D eigenvalue weighted by molar-refractivity contribution is 0.888. The molecule has 3 aromatic rings. The molecular formula is C16H14N3. The van der Waals surface area contributed by atoms with Crippen LogP contribution in [0.1, 0.15) is 11.4 Å². The first-order valence-electron chi connectivity index (χ1n) is 6.31. The molecule has 0 spiro atoms. The van der Waals surface area contributed by atoms with Gasteiger partial charge in [0.25, 0.3) is 0 Å². The molecule has 0 bridgehead atoms. The third-order valence-corrected chi connectivity index (χ3v) is 2.99. The molecule has 2 heterocycles. The maximum atomic E-state index is 4.43. The molecule has 0 aliphatic carbocycles. The highest BCUT2D eigenvalue weighted by Gasteiger charge is 2.01. The van der Waals surface area contributed by atoms with Crippen LogP contribution in [0.25, 0.3) is 5.69 Å². The minimum atomic E-state index is 0.903. The summed E-state index contributed by atoms with van der Waals surface area (Å²) in [4.78, 5) is 8.75. The first-order valence-corrected chi connectivity index (χ1v) is 6.31. The Kier molecular flexibility index (Phi) is 3.36. The van der Waals surface area contributed by atoms with E-state index >= 15 is 0 Å². The molecule has 0 N–H and O–H groups in total. The van der Waals surface area contributed by atoms with Crippen molar-refractivity contribution in [2.24, 2.45) is 0 Å². The molecule has 3 heteroatoms. The second kappa shape index (κ2) is 5.48. The van der Waals surface area contributed by atoms with Gasteiger partial charge in [-0.05, 0) is 43.2 Å². The van der Waals surface area contributed by atoms with Crippen molar-refractivity contribution in [2.45, 2.75) is 12.8 Å². The third-order valence-electron chi connectivity index (χ3n) is 2.99. The van der Waals surface area contributed by atoms with Gasteiger partial charge < -0.3 is 4.57 Å². The molecule has 0 atom stereocenters. The van der Waals surface area contributed by atoms with Gasteiger partial charge in [-0.2, -0.15) is 0 Å². The normalized spacial score (nSPS) is 10.5. The summed E-state index contributed by atoms with van der Waals surface area (Å²) in [6.07, 6.45) is 7.55. The summed E-state index contributed by atoms with van der Waals surface area (Å²) in [5.74, 6) is 0. The summed E-state index contributed by atoms with van der Waals surface area (Å²) in [5.41, 5.74) is 3.26. The molecule has 1 aromatic carbocycles. The molecule has 0 aliphatic rings. The van der Waals surface area contributed by atoms with Crippen molar-refractivity contribution in [1.82, 2.24) is 14.5 Å². The number of aromatic nitrogens is 3. The molecule has 3 nitrogen and oxygen atoms in total. The molecule has 0 saturated carbocycles. The zero-order valence-corrected chi connectivity index (χ0v) is 10.5. The molecule has 1 radical (unpaired) electrons. The van der Waals surface area contributed by atoms with Gasteiger partial charge >= 0.3 is 0 Å². The highest BCUT2D eigenvalue weighted by Crippen LogP contribution is 2.09. The van der Waals surface area contributed by atoms with Crippen molar-refractivity contribution in [2.75, 3.05) is 0 Å². The van der Waals surface area contributed by atoms with E-state index < -0.39 is 0 Å². The molecule has 19 heavy (non-hydrogen) atoms. The van der Waals surface area contributed by atoms with Gasteiger partial charge in [-0.1, -0.05) is 18.2 Å². The lowest BCUT2D eigenvalue weighted by Gasteiger charge is -2.00. The van der Waals surface area contributed by atoms with Gasteiger partial charge in [-0.3, -0.25) is 4.98 Å². The SMILES string of the molecule is [c]1cccc(-n2cnc(CCc3ccccn3)c2)c1. The zero-order valence-electron chi connectivity index (χ0n) is 10.5. The Labute approximate surface area is 112 Å². The Balaban J connectivity index is 1.69. The number of imidazole rings is 1. The Morgan fingerprint density at radius 1 is 1.00 bits per heavy atom. The summed E-state index contributed by atoms with van der Waals surface area (Å²) < 4.78 is 2.02. The molecule has 2 aromatic heterocycles. The number of rotatable bonds is 4. The van der Waals surface area contributed by atoms with Crippen molar-refractivity contribution in [1.29, 1.82) is 0 Å². The van der Waals surface area contributed by atoms with Crippen LogP contribution in [0.3, 0.4) is 0 Å². The van der Waals surface area contributed by atoms with Crippen LogP contribution in [-0.4, -0.2) is 14.5 Å². The lowest BCUT2D eigenvalue weighted by Crippen LogP contribution is -1.94. The van der Waals surface area contributed by atoms with Crippen LogP contribution in [-0.2, 0) is 12.8 Å². The molecule has 0 unspecified atom stereocenters. The minimum absolute atomic E-state index is 0.903. The fourth-order valence-electron chi connectivity index (χ4n) is 1.98. The van der Waals surface area contributed by atoms with E-state index in [2.05, 4.69) is 22.2 Å². The lowest BCUT2D eigenvalue weighted by atomic mass is 10.2. The maximum absolute atomic E-state index is 4.43. The van der Waals surface area contributed by atoms with Crippen molar-refractivity contribution in [3.8, 4) is 5.69 Å². The van der Waals surface area contributed by atoms with Crippen molar-refractivity contribution >= 4 is 0 Å². The van der Waals surface area contributed by atoms with Crippen LogP contribution in [0.2, 0.25) is 0 Å². The highest BCUT2D eigenvalue weighted by atomic mass is 15.0. The Bertz CT molecular complexity index is 629. The zero-order chi connectivity index (χ0) is 12.9. The smallest absolute Gasteiger partial charge is 0.0995 e. The molecule has 0 amide bonds. The van der Waals surface area contributed by atoms with Crippen molar-refractivity contribution < 1.29 is 0 Å². The Hall–Kier alpha value is -2.42. The topological polar surface area (TPSA) is 30.7 Å². The average Bonchev–Trinajstić information content (AvgIpc) is 2.96. The van der Waals surface area contributed by atoms with Gasteiger partial charge in [-0.15, -0.1) is 0 Å². The first kappa shape index (κ1) is 11.7. The molecular weight excluding hydrogens is 234 g/mol. The summed E-state index contributed by atoms with van der Waals surface area (Å²) in [5, 5.41) is 0. The summed E-state index contributed by atoms with van der Waals surface area (Å²) in [6.45, 7) is 0. The Morgan fingerprint density at radius 2 is 1.95 bits per heavy atom. The molecule has 93 valence electrons. The van der Waals surface area contributed by atoms with Crippen LogP contribution >= 0.6 is 0 Å². The van der Waals surface area contributed by atoms with E-state index in [9.17, 15) is 0 Å². The van der Waals surface area contributed by atoms with Crippen molar-refractivity contribution in [3.63, 3.8) is 0 Å². The van der Waals surface area contributed by atoms with Gasteiger partial charge in [-0.25, -0.2) is 4.98 Å². The number of pyridine rings is 1. The predicted octanol–water partition coefficient (Wildman–Crippen LogP) is 2.85. The van der Waals surface area contributed by atoms with Crippen LogP contribution in [0.15, 0.2) is 61.2 Å². The number of benzene rings is 1. The summed E-state index contributed by atoms with van der Waals surface area (Å²) in [7, 11) is 0. The predicted molar refractivity (Wildman–Crippen MR) is 74.0 cm³/mol. The summed E-state index contributed by atoms with van der Waals surface area (Å²) >= 11 is 0. The van der Waals surface area contributed by atoms with Crippen LogP contribution in [0.4, 0.5) is 0 Å². The number of hydrogen-bond acceptors (Lipinski definition) is 2. The molecule has 0 aliphatic heterocycles. The third kappa shape index (κ3) is 2.88. The van der Waals surface area contributed by atoms with Gasteiger partial charge in [0.05, 0.1) is 12.0 Å². The van der Waals surface area contributed by atoms with Gasteiger partial charge in [0, 0.05) is 23.8 Å². The number of hydrogen-bond donors (Lipinski definition) is 0. The quantitative estimate of drug-likeness (QED) is 0.710. The standard InChI is InChI=1S/C16H14N3/c1-2-7-16(8-3-1)19-12-15(18-13-19)10-9-14-6-4-5-11-17-14/h1-2,4-8,11-13H,9-10H2. The van der Waals surface area contributed by atoms with Crippen molar-refractivity contribution in [3.05, 3.63) is 78.6 Å². The van der Waals surface area contributed by atoms with E-state index in [4.69, 9.17) is 0 Å². The number of aryl methyl sites for hydroxylation is 2. The molecule has 0 fully saturated rings. The van der Waals surface area contributed by atoms with E-state index in [1.807, 2.05) is 59.6 Å². The highest BCUT2D eigenvalue weighted by molar-refractivity contribution is 5.31. The second-order valence-corrected chi connectivity index (χ2v) is 4.36. The maximum Gasteiger partial charge on any atom is 0.0995 e. The van der Waals surface area contributed by atoms with Gasteiger partial charge in [0.15, 0.2) is 0 Å².